The molecule has 0 fully saturated rings. The van der Waals surface area contributed by atoms with Crippen molar-refractivity contribution in [3.05, 3.63) is 35.4 Å². The molecule has 80 valence electrons. The van der Waals surface area contributed by atoms with Gasteiger partial charge < -0.3 is 15.8 Å². The van der Waals surface area contributed by atoms with Crippen molar-refractivity contribution in [1.29, 1.82) is 0 Å². The van der Waals surface area contributed by atoms with Crippen LogP contribution in [0.3, 0.4) is 0 Å². The van der Waals surface area contributed by atoms with Gasteiger partial charge in [0.05, 0.1) is 12.7 Å². The number of hydrogen-bond acceptors (Lipinski definition) is 3. The summed E-state index contributed by atoms with van der Waals surface area (Å²) in [5.74, 6) is -0.385. The van der Waals surface area contributed by atoms with Gasteiger partial charge in [-0.25, -0.2) is 9.59 Å². The predicted octanol–water partition coefficient (Wildman–Crippen LogP) is 0.641. The summed E-state index contributed by atoms with van der Waals surface area (Å²) >= 11 is 0. The molecule has 3 N–H and O–H groups in total. The third-order valence-corrected chi connectivity index (χ3v) is 1.84. The molecule has 15 heavy (non-hydrogen) atoms. The van der Waals surface area contributed by atoms with Gasteiger partial charge in [0.25, 0.3) is 0 Å². The maximum Gasteiger partial charge on any atom is 0.337 e. The highest BCUT2D eigenvalue weighted by Gasteiger charge is 2.04. The van der Waals surface area contributed by atoms with E-state index < -0.39 is 6.03 Å². The minimum atomic E-state index is -0.577. The summed E-state index contributed by atoms with van der Waals surface area (Å²) in [7, 11) is 1.32. The second kappa shape index (κ2) is 4.99. The van der Waals surface area contributed by atoms with Crippen LogP contribution < -0.4 is 11.1 Å². The van der Waals surface area contributed by atoms with Crippen molar-refractivity contribution in [2.45, 2.75) is 6.54 Å². The van der Waals surface area contributed by atoms with Gasteiger partial charge in [0.1, 0.15) is 0 Å². The number of nitrogens with one attached hydrogen (secondary N) is 1. The topological polar surface area (TPSA) is 81.4 Å². The highest BCUT2D eigenvalue weighted by atomic mass is 16.5. The number of ether oxygens (including phenoxy) is 1. The molecule has 0 unspecified atom stereocenters. The second-order valence-electron chi connectivity index (χ2n) is 2.91. The smallest absolute Gasteiger partial charge is 0.337 e. The van der Waals surface area contributed by atoms with Crippen LogP contribution in [-0.4, -0.2) is 19.1 Å². The summed E-state index contributed by atoms with van der Waals surface area (Å²) in [4.78, 5) is 21.5. The number of rotatable bonds is 3. The second-order valence-corrected chi connectivity index (χ2v) is 2.91. The van der Waals surface area contributed by atoms with Crippen LogP contribution >= 0.6 is 0 Å². The average Bonchev–Trinajstić information content (AvgIpc) is 2.26. The normalized spacial score (nSPS) is 9.40. The first-order valence-electron chi connectivity index (χ1n) is 4.34. The quantitative estimate of drug-likeness (QED) is 0.715. The van der Waals surface area contributed by atoms with Crippen LogP contribution in [0.2, 0.25) is 0 Å². The first-order chi connectivity index (χ1) is 7.13. The van der Waals surface area contributed by atoms with Gasteiger partial charge in [0.15, 0.2) is 0 Å². The Kier molecular flexibility index (Phi) is 3.68. The largest absolute Gasteiger partial charge is 0.465 e. The van der Waals surface area contributed by atoms with Crippen molar-refractivity contribution >= 4 is 12.0 Å². The van der Waals surface area contributed by atoms with E-state index >= 15 is 0 Å². The average molecular weight is 208 g/mol. The number of nitrogens with two attached hydrogens (primary N) is 1. The summed E-state index contributed by atoms with van der Waals surface area (Å²) in [6.45, 7) is 0.344. The molecule has 0 atom stereocenters. The van der Waals surface area contributed by atoms with Gasteiger partial charge in [-0.05, 0) is 17.7 Å². The van der Waals surface area contributed by atoms with Crippen molar-refractivity contribution in [3.8, 4) is 0 Å². The highest BCUT2D eigenvalue weighted by Crippen LogP contribution is 2.05. The van der Waals surface area contributed by atoms with Gasteiger partial charge in [0.2, 0.25) is 0 Å². The number of primary amides is 1. The molecule has 1 rings (SSSR count). The molecular formula is C10H12N2O3. The third kappa shape index (κ3) is 3.30. The van der Waals surface area contributed by atoms with E-state index in [0.717, 1.165) is 5.56 Å². The molecule has 5 heteroatoms. The molecule has 5 nitrogen and oxygen atoms in total. The van der Waals surface area contributed by atoms with Gasteiger partial charge in [-0.1, -0.05) is 12.1 Å². The minimum Gasteiger partial charge on any atom is -0.465 e. The first kappa shape index (κ1) is 11.0. The fraction of sp³-hybridized carbons (Fsp3) is 0.200. The van der Waals surface area contributed by atoms with E-state index in [2.05, 4.69) is 10.1 Å². The molecule has 2 amide bonds. The molecule has 0 spiro atoms. The summed E-state index contributed by atoms with van der Waals surface area (Å²) in [6.07, 6.45) is 0. The van der Waals surface area contributed by atoms with E-state index in [-0.39, 0.29) is 5.97 Å². The summed E-state index contributed by atoms with van der Waals surface area (Å²) in [5, 5.41) is 2.45. The van der Waals surface area contributed by atoms with Crippen LogP contribution in [-0.2, 0) is 11.3 Å². The van der Waals surface area contributed by atoms with Crippen molar-refractivity contribution in [2.75, 3.05) is 7.11 Å². The lowest BCUT2D eigenvalue weighted by atomic mass is 10.1. The number of methoxy groups -OCH3 is 1. The van der Waals surface area contributed by atoms with Gasteiger partial charge in [-0.15, -0.1) is 0 Å². The number of urea groups is 1. The number of amides is 2. The number of benzene rings is 1. The van der Waals surface area contributed by atoms with E-state index in [4.69, 9.17) is 5.73 Å². The molecule has 1 aromatic carbocycles. The SMILES string of the molecule is COC(=O)c1ccc(CNC(N)=O)cc1. The van der Waals surface area contributed by atoms with Gasteiger partial charge in [-0.3, -0.25) is 0 Å². The maximum absolute atomic E-state index is 11.1. The Balaban J connectivity index is 2.64. The number of esters is 1. The zero-order valence-electron chi connectivity index (χ0n) is 8.32. The van der Waals surface area contributed by atoms with Gasteiger partial charge in [-0.2, -0.15) is 0 Å². The molecule has 0 aliphatic rings. The van der Waals surface area contributed by atoms with Crippen molar-refractivity contribution in [3.63, 3.8) is 0 Å². The van der Waals surface area contributed by atoms with Gasteiger partial charge in [0, 0.05) is 6.54 Å². The lowest BCUT2D eigenvalue weighted by Crippen LogP contribution is -2.28. The lowest BCUT2D eigenvalue weighted by Gasteiger charge is -2.03. The zero-order valence-corrected chi connectivity index (χ0v) is 8.32. The molecule has 0 saturated heterocycles. The van der Waals surface area contributed by atoms with Crippen LogP contribution in [0, 0.1) is 0 Å². The number of hydrogen-bond donors (Lipinski definition) is 2. The highest BCUT2D eigenvalue weighted by molar-refractivity contribution is 5.89. The van der Waals surface area contributed by atoms with E-state index in [0.29, 0.717) is 12.1 Å². The molecular weight excluding hydrogens is 196 g/mol. The Bertz CT molecular complexity index is 359. The Morgan fingerprint density at radius 1 is 1.33 bits per heavy atom. The molecule has 0 aromatic heterocycles. The Labute approximate surface area is 87.2 Å². The molecule has 0 radical (unpaired) electrons. The predicted molar refractivity (Wildman–Crippen MR) is 54.2 cm³/mol. The Morgan fingerprint density at radius 2 is 1.93 bits per heavy atom. The summed E-state index contributed by atoms with van der Waals surface area (Å²) in [6, 6.07) is 6.13. The van der Waals surface area contributed by atoms with Crippen LogP contribution in [0.4, 0.5) is 4.79 Å². The maximum atomic E-state index is 11.1. The lowest BCUT2D eigenvalue weighted by molar-refractivity contribution is 0.0600. The minimum absolute atomic E-state index is 0.344. The molecule has 0 bridgehead atoms. The molecule has 1 aromatic rings. The molecule has 0 aliphatic heterocycles. The number of carbonyl (C=O) groups excluding carboxylic acids is 2. The summed E-state index contributed by atoms with van der Waals surface area (Å²) < 4.78 is 4.55. The van der Waals surface area contributed by atoms with Gasteiger partial charge >= 0.3 is 12.0 Å². The monoisotopic (exact) mass is 208 g/mol. The standard InChI is InChI=1S/C10H12N2O3/c1-15-9(13)8-4-2-7(3-5-8)6-12-10(11)14/h2-5H,6H2,1H3,(H3,11,12,14). The van der Waals surface area contributed by atoms with Crippen LogP contribution in [0.25, 0.3) is 0 Å². The van der Waals surface area contributed by atoms with Crippen molar-refractivity contribution < 1.29 is 14.3 Å². The van der Waals surface area contributed by atoms with Crippen LogP contribution in [0.5, 0.6) is 0 Å². The Morgan fingerprint density at radius 3 is 2.40 bits per heavy atom. The van der Waals surface area contributed by atoms with E-state index in [9.17, 15) is 9.59 Å². The van der Waals surface area contributed by atoms with Crippen LogP contribution in [0.15, 0.2) is 24.3 Å². The number of carbonyl (C=O) groups is 2. The summed E-state index contributed by atoms with van der Waals surface area (Å²) in [5.41, 5.74) is 6.25. The van der Waals surface area contributed by atoms with Crippen molar-refractivity contribution in [1.82, 2.24) is 5.32 Å². The fourth-order valence-corrected chi connectivity index (χ4v) is 1.07. The first-order valence-corrected chi connectivity index (χ1v) is 4.34. The molecule has 0 heterocycles. The van der Waals surface area contributed by atoms with Crippen molar-refractivity contribution in [2.24, 2.45) is 5.73 Å². The van der Waals surface area contributed by atoms with Crippen LogP contribution in [0.1, 0.15) is 15.9 Å². The van der Waals surface area contributed by atoms with E-state index in [1.165, 1.54) is 7.11 Å². The van der Waals surface area contributed by atoms with E-state index in [1.54, 1.807) is 24.3 Å². The Hall–Kier alpha value is -2.04. The van der Waals surface area contributed by atoms with E-state index in [1.807, 2.05) is 0 Å². The molecule has 0 aliphatic carbocycles. The molecule has 0 saturated carbocycles. The third-order valence-electron chi connectivity index (χ3n) is 1.84. The fourth-order valence-electron chi connectivity index (χ4n) is 1.07. The zero-order chi connectivity index (χ0) is 11.3.